The van der Waals surface area contributed by atoms with E-state index < -0.39 is 23.3 Å². The van der Waals surface area contributed by atoms with Gasteiger partial charge in [0.2, 0.25) is 0 Å². The molecule has 112 valence electrons. The Bertz CT molecular complexity index is 469. The van der Waals surface area contributed by atoms with Gasteiger partial charge in [-0.3, -0.25) is 9.78 Å². The van der Waals surface area contributed by atoms with E-state index in [-0.39, 0.29) is 4.75 Å². The van der Waals surface area contributed by atoms with Crippen LogP contribution in [0, 0.1) is 0 Å². The molecule has 1 aromatic rings. The van der Waals surface area contributed by atoms with Crippen molar-refractivity contribution in [2.75, 3.05) is 12.3 Å². The number of amides is 1. The highest BCUT2D eigenvalue weighted by Gasteiger charge is 2.36. The van der Waals surface area contributed by atoms with Crippen LogP contribution in [0.3, 0.4) is 0 Å². The Kier molecular flexibility index (Phi) is 5.44. The first-order valence-electron chi connectivity index (χ1n) is 6.05. The molecule has 0 unspecified atom stereocenters. The van der Waals surface area contributed by atoms with Crippen LogP contribution in [-0.4, -0.2) is 27.9 Å². The first-order valence-corrected chi connectivity index (χ1v) is 7.04. The van der Waals surface area contributed by atoms with Crippen molar-refractivity contribution in [2.45, 2.75) is 31.7 Å². The zero-order valence-electron chi connectivity index (χ0n) is 11.5. The highest BCUT2D eigenvalue weighted by molar-refractivity contribution is 8.00. The Morgan fingerprint density at radius 3 is 2.55 bits per heavy atom. The van der Waals surface area contributed by atoms with Gasteiger partial charge in [0.05, 0.1) is 5.56 Å². The second-order valence-corrected chi connectivity index (χ2v) is 7.04. The number of hydrogen-bond donors (Lipinski definition) is 1. The monoisotopic (exact) mass is 306 g/mol. The number of hydrogen-bond acceptors (Lipinski definition) is 3. The number of alkyl halides is 3. The van der Waals surface area contributed by atoms with Gasteiger partial charge in [0.15, 0.2) is 5.69 Å². The number of rotatable bonds is 4. The van der Waals surface area contributed by atoms with Crippen molar-refractivity contribution in [1.82, 2.24) is 10.3 Å². The molecule has 1 heterocycles. The van der Waals surface area contributed by atoms with E-state index in [1.807, 2.05) is 20.8 Å². The van der Waals surface area contributed by atoms with Crippen molar-refractivity contribution in [1.29, 1.82) is 0 Å². The molecule has 7 heteroatoms. The topological polar surface area (TPSA) is 42.0 Å². The van der Waals surface area contributed by atoms with E-state index in [1.54, 1.807) is 11.8 Å². The van der Waals surface area contributed by atoms with Gasteiger partial charge >= 0.3 is 6.18 Å². The van der Waals surface area contributed by atoms with E-state index >= 15 is 0 Å². The molecule has 0 radical (unpaired) electrons. The summed E-state index contributed by atoms with van der Waals surface area (Å²) in [5, 5.41) is 2.48. The Labute approximate surface area is 120 Å². The fraction of sp³-hybridized carbons (Fsp3) is 0.538. The van der Waals surface area contributed by atoms with E-state index in [2.05, 4.69) is 10.3 Å². The molecule has 1 N–H and O–H groups in total. The molecule has 0 spiro atoms. The third-order valence-corrected chi connectivity index (χ3v) is 3.52. The molecule has 0 aliphatic rings. The van der Waals surface area contributed by atoms with E-state index in [0.29, 0.717) is 12.3 Å². The molecular formula is C13H17F3N2OS. The average molecular weight is 306 g/mol. The number of pyridine rings is 1. The lowest BCUT2D eigenvalue weighted by Gasteiger charge is -2.17. The summed E-state index contributed by atoms with van der Waals surface area (Å²) in [6, 6.07) is 2.44. The van der Waals surface area contributed by atoms with Gasteiger partial charge in [0.1, 0.15) is 0 Å². The first kappa shape index (κ1) is 16.8. The maximum atomic E-state index is 12.7. The van der Waals surface area contributed by atoms with Crippen molar-refractivity contribution in [2.24, 2.45) is 0 Å². The number of carbonyl (C=O) groups excluding carboxylic acids is 1. The van der Waals surface area contributed by atoms with Crippen LogP contribution in [0.2, 0.25) is 0 Å². The molecule has 1 amide bonds. The summed E-state index contributed by atoms with van der Waals surface area (Å²) in [6.45, 7) is 6.40. The molecule has 0 saturated carbocycles. The highest BCUT2D eigenvalue weighted by Crippen LogP contribution is 2.30. The van der Waals surface area contributed by atoms with Gasteiger partial charge < -0.3 is 5.32 Å². The summed E-state index contributed by atoms with van der Waals surface area (Å²) in [5.74, 6) is -0.114. The molecule has 0 atom stereocenters. The van der Waals surface area contributed by atoms with Gasteiger partial charge in [-0.2, -0.15) is 24.9 Å². The summed E-state index contributed by atoms with van der Waals surface area (Å²) in [5.41, 5.74) is -1.60. The number of nitrogens with one attached hydrogen (secondary N) is 1. The van der Waals surface area contributed by atoms with Crippen LogP contribution in [-0.2, 0) is 6.18 Å². The van der Waals surface area contributed by atoms with E-state index in [4.69, 9.17) is 0 Å². The van der Waals surface area contributed by atoms with Gasteiger partial charge in [-0.25, -0.2) is 0 Å². The van der Waals surface area contributed by atoms with E-state index in [0.717, 1.165) is 12.3 Å². The molecule has 20 heavy (non-hydrogen) atoms. The Morgan fingerprint density at radius 1 is 1.35 bits per heavy atom. The number of nitrogens with zero attached hydrogens (tertiary/aromatic N) is 1. The lowest BCUT2D eigenvalue weighted by molar-refractivity contribution is -0.141. The molecule has 0 aliphatic heterocycles. The molecule has 3 nitrogen and oxygen atoms in total. The van der Waals surface area contributed by atoms with Gasteiger partial charge in [0.25, 0.3) is 5.91 Å². The molecule has 1 aromatic heterocycles. The van der Waals surface area contributed by atoms with Crippen LogP contribution in [0.1, 0.15) is 36.8 Å². The van der Waals surface area contributed by atoms with Gasteiger partial charge in [0, 0.05) is 23.2 Å². The molecular weight excluding hydrogens is 289 g/mol. The zero-order valence-corrected chi connectivity index (χ0v) is 12.4. The minimum atomic E-state index is -4.63. The van der Waals surface area contributed by atoms with Gasteiger partial charge in [-0.05, 0) is 12.1 Å². The Balaban J connectivity index is 2.65. The summed E-state index contributed by atoms with van der Waals surface area (Å²) in [6.07, 6.45) is -3.61. The standard InChI is InChI=1S/C13H17F3N2OS/c1-12(2,3)20-8-7-18-11(19)9-5-4-6-17-10(9)13(14,15)16/h4-6H,7-8H2,1-3H3,(H,18,19). The number of carbonyl (C=O) groups is 1. The predicted octanol–water partition coefficient (Wildman–Crippen LogP) is 3.36. The molecule has 0 aromatic carbocycles. The second-order valence-electron chi connectivity index (χ2n) is 5.11. The quantitative estimate of drug-likeness (QED) is 0.867. The van der Waals surface area contributed by atoms with Crippen LogP contribution in [0.25, 0.3) is 0 Å². The summed E-state index contributed by atoms with van der Waals surface area (Å²) < 4.78 is 38.2. The maximum absolute atomic E-state index is 12.7. The smallest absolute Gasteiger partial charge is 0.351 e. The fourth-order valence-corrected chi connectivity index (χ4v) is 2.25. The first-order chi connectivity index (χ1) is 9.11. The lowest BCUT2D eigenvalue weighted by Crippen LogP contribution is -2.29. The SMILES string of the molecule is CC(C)(C)SCCNC(=O)c1cccnc1C(F)(F)F. The highest BCUT2D eigenvalue weighted by atomic mass is 32.2. The number of thioether (sulfide) groups is 1. The van der Waals surface area contributed by atoms with Crippen LogP contribution in [0.4, 0.5) is 13.2 Å². The normalized spacial score (nSPS) is 12.3. The molecule has 1 rings (SSSR count). The van der Waals surface area contributed by atoms with Crippen molar-refractivity contribution < 1.29 is 18.0 Å². The van der Waals surface area contributed by atoms with Gasteiger partial charge in [-0.1, -0.05) is 20.8 Å². The summed E-state index contributed by atoms with van der Waals surface area (Å²) >= 11 is 1.63. The predicted molar refractivity (Wildman–Crippen MR) is 73.8 cm³/mol. The number of halogens is 3. The number of aromatic nitrogens is 1. The Morgan fingerprint density at radius 2 is 2.00 bits per heavy atom. The van der Waals surface area contributed by atoms with Crippen molar-refractivity contribution in [3.05, 3.63) is 29.6 Å². The van der Waals surface area contributed by atoms with Crippen LogP contribution in [0.5, 0.6) is 0 Å². The zero-order chi connectivity index (χ0) is 15.4. The lowest BCUT2D eigenvalue weighted by atomic mass is 10.1. The van der Waals surface area contributed by atoms with Crippen molar-refractivity contribution in [3.63, 3.8) is 0 Å². The summed E-state index contributed by atoms with van der Waals surface area (Å²) in [7, 11) is 0. The average Bonchev–Trinajstić information content (AvgIpc) is 2.32. The molecule has 0 bridgehead atoms. The molecule has 0 fully saturated rings. The van der Waals surface area contributed by atoms with Crippen LogP contribution < -0.4 is 5.32 Å². The van der Waals surface area contributed by atoms with E-state index in [1.165, 1.54) is 6.07 Å². The maximum Gasteiger partial charge on any atom is 0.434 e. The largest absolute Gasteiger partial charge is 0.434 e. The van der Waals surface area contributed by atoms with Crippen LogP contribution >= 0.6 is 11.8 Å². The van der Waals surface area contributed by atoms with Crippen molar-refractivity contribution >= 4 is 17.7 Å². The third kappa shape index (κ3) is 5.40. The fourth-order valence-electron chi connectivity index (χ4n) is 1.43. The third-order valence-electron chi connectivity index (χ3n) is 2.24. The van der Waals surface area contributed by atoms with E-state index in [9.17, 15) is 18.0 Å². The molecule has 0 aliphatic carbocycles. The second kappa shape index (κ2) is 6.47. The van der Waals surface area contributed by atoms with Crippen LogP contribution in [0.15, 0.2) is 18.3 Å². The Hall–Kier alpha value is -1.24. The summed E-state index contributed by atoms with van der Waals surface area (Å²) in [4.78, 5) is 15.0. The minimum Gasteiger partial charge on any atom is -0.351 e. The van der Waals surface area contributed by atoms with Gasteiger partial charge in [-0.15, -0.1) is 0 Å². The minimum absolute atomic E-state index is 0.0517. The van der Waals surface area contributed by atoms with Crippen molar-refractivity contribution in [3.8, 4) is 0 Å². The molecule has 0 saturated heterocycles.